The number of hydrogen-bond donors (Lipinski definition) is 1. The Kier molecular flexibility index (Phi) is 7.48. The van der Waals surface area contributed by atoms with Gasteiger partial charge < -0.3 is 5.73 Å². The second kappa shape index (κ2) is 9.14. The Morgan fingerprint density at radius 3 is 2.10 bits per heavy atom. The summed E-state index contributed by atoms with van der Waals surface area (Å²) in [6.07, 6.45) is 1.25. The number of thiazole rings is 1. The first kappa shape index (κ1) is 17.2. The molecule has 112 valence electrons. The molecule has 2 N–H and O–H groups in total. The molecule has 2 aromatic carbocycles. The standard InChI is InChI=1S/C13H10N2S.C3H8.C2H6/c14-10-7-5-9(6-8-10)13-15-11-3-1-2-4-12(11)16-13;1-3-2;1-2/h1-8H,14H2;3H2,1-2H3;1-2H3. The maximum Gasteiger partial charge on any atom is 0.124 e. The van der Waals surface area contributed by atoms with Gasteiger partial charge in [-0.3, -0.25) is 0 Å². The van der Waals surface area contributed by atoms with Crippen molar-refractivity contribution in [2.45, 2.75) is 34.1 Å². The fourth-order valence-corrected chi connectivity index (χ4v) is 2.59. The molecule has 0 bridgehead atoms. The molecule has 0 spiro atoms. The Labute approximate surface area is 131 Å². The summed E-state index contributed by atoms with van der Waals surface area (Å²) < 4.78 is 1.22. The third-order valence-electron chi connectivity index (χ3n) is 2.45. The quantitative estimate of drug-likeness (QED) is 0.561. The van der Waals surface area contributed by atoms with Crippen molar-refractivity contribution in [2.75, 3.05) is 5.73 Å². The minimum Gasteiger partial charge on any atom is -0.399 e. The zero-order valence-electron chi connectivity index (χ0n) is 13.3. The molecule has 0 saturated heterocycles. The van der Waals surface area contributed by atoms with Crippen LogP contribution in [0.4, 0.5) is 5.69 Å². The summed E-state index contributed by atoms with van der Waals surface area (Å²) in [5.41, 5.74) is 8.62. The number of aromatic nitrogens is 1. The SMILES string of the molecule is CC.CCC.Nc1ccc(-c2nc3ccccc3s2)cc1. The molecule has 3 aromatic rings. The fourth-order valence-electron chi connectivity index (χ4n) is 1.62. The molecular formula is C18H24N2S. The molecule has 2 nitrogen and oxygen atoms in total. The summed E-state index contributed by atoms with van der Waals surface area (Å²) in [6, 6.07) is 16.0. The van der Waals surface area contributed by atoms with Gasteiger partial charge in [-0.1, -0.05) is 46.2 Å². The number of benzene rings is 2. The van der Waals surface area contributed by atoms with Gasteiger partial charge in [-0.2, -0.15) is 0 Å². The van der Waals surface area contributed by atoms with Crippen LogP contribution in [-0.2, 0) is 0 Å². The number of nitrogens with zero attached hydrogens (tertiary/aromatic N) is 1. The molecular weight excluding hydrogens is 276 g/mol. The number of rotatable bonds is 1. The molecule has 1 aromatic heterocycles. The Morgan fingerprint density at radius 2 is 1.52 bits per heavy atom. The number of nitrogen functional groups attached to an aromatic ring is 1. The molecule has 0 aliphatic heterocycles. The lowest BCUT2D eigenvalue weighted by Gasteiger charge is -1.95. The van der Waals surface area contributed by atoms with E-state index in [1.165, 1.54) is 11.1 Å². The number of nitrogens with two attached hydrogens (primary N) is 1. The molecule has 0 aliphatic rings. The van der Waals surface area contributed by atoms with E-state index in [0.29, 0.717) is 0 Å². The van der Waals surface area contributed by atoms with Crippen LogP contribution in [0.5, 0.6) is 0 Å². The average Bonchev–Trinajstić information content (AvgIpc) is 2.95. The average molecular weight is 300 g/mol. The summed E-state index contributed by atoms with van der Waals surface area (Å²) in [7, 11) is 0. The Bertz CT molecular complexity index is 609. The lowest BCUT2D eigenvalue weighted by Crippen LogP contribution is -1.83. The number of anilines is 1. The van der Waals surface area contributed by atoms with E-state index in [1.54, 1.807) is 11.3 Å². The summed E-state index contributed by atoms with van der Waals surface area (Å²) >= 11 is 1.70. The van der Waals surface area contributed by atoms with Gasteiger partial charge in [0.15, 0.2) is 0 Å². The smallest absolute Gasteiger partial charge is 0.124 e. The van der Waals surface area contributed by atoms with E-state index in [-0.39, 0.29) is 0 Å². The van der Waals surface area contributed by atoms with Crippen molar-refractivity contribution < 1.29 is 0 Å². The molecule has 0 aliphatic carbocycles. The van der Waals surface area contributed by atoms with Gasteiger partial charge in [0.25, 0.3) is 0 Å². The van der Waals surface area contributed by atoms with E-state index in [2.05, 4.69) is 24.9 Å². The lowest BCUT2D eigenvalue weighted by molar-refractivity contribution is 1.09. The molecule has 0 radical (unpaired) electrons. The lowest BCUT2D eigenvalue weighted by atomic mass is 10.2. The van der Waals surface area contributed by atoms with Crippen LogP contribution in [0, 0.1) is 0 Å². The monoisotopic (exact) mass is 300 g/mol. The molecule has 3 heteroatoms. The highest BCUT2D eigenvalue weighted by atomic mass is 32.1. The van der Waals surface area contributed by atoms with Crippen molar-refractivity contribution in [3.05, 3.63) is 48.5 Å². The van der Waals surface area contributed by atoms with Crippen molar-refractivity contribution in [1.82, 2.24) is 4.98 Å². The molecule has 21 heavy (non-hydrogen) atoms. The minimum atomic E-state index is 0.782. The van der Waals surface area contributed by atoms with Crippen LogP contribution in [0.2, 0.25) is 0 Å². The molecule has 0 unspecified atom stereocenters. The van der Waals surface area contributed by atoms with Gasteiger partial charge in [0.2, 0.25) is 0 Å². The van der Waals surface area contributed by atoms with Gasteiger partial charge in [-0.05, 0) is 36.4 Å². The number of para-hydroxylation sites is 1. The number of fused-ring (bicyclic) bond motifs is 1. The maximum atomic E-state index is 5.66. The normalized spacial score (nSPS) is 9.33. The second-order valence-electron chi connectivity index (χ2n) is 4.32. The first-order chi connectivity index (χ1) is 10.2. The first-order valence-corrected chi connectivity index (χ1v) is 8.27. The van der Waals surface area contributed by atoms with Crippen molar-refractivity contribution in [2.24, 2.45) is 0 Å². The third kappa shape index (κ3) is 4.87. The van der Waals surface area contributed by atoms with E-state index in [9.17, 15) is 0 Å². The molecule has 0 amide bonds. The van der Waals surface area contributed by atoms with E-state index in [4.69, 9.17) is 5.73 Å². The van der Waals surface area contributed by atoms with E-state index in [1.807, 2.05) is 56.3 Å². The highest BCUT2D eigenvalue weighted by molar-refractivity contribution is 7.21. The molecule has 0 fully saturated rings. The summed E-state index contributed by atoms with van der Waals surface area (Å²) in [4.78, 5) is 4.59. The zero-order valence-corrected chi connectivity index (χ0v) is 14.1. The fraction of sp³-hybridized carbons (Fsp3) is 0.278. The molecule has 0 atom stereocenters. The maximum absolute atomic E-state index is 5.66. The Hall–Kier alpha value is -1.87. The molecule has 0 saturated carbocycles. The predicted octanol–water partition coefficient (Wildman–Crippen LogP) is 5.99. The van der Waals surface area contributed by atoms with Gasteiger partial charge in [0.1, 0.15) is 5.01 Å². The van der Waals surface area contributed by atoms with Gasteiger partial charge in [-0.25, -0.2) is 4.98 Å². The van der Waals surface area contributed by atoms with E-state index >= 15 is 0 Å². The van der Waals surface area contributed by atoms with Crippen molar-refractivity contribution >= 4 is 27.2 Å². The van der Waals surface area contributed by atoms with Gasteiger partial charge >= 0.3 is 0 Å². The van der Waals surface area contributed by atoms with Crippen molar-refractivity contribution in [3.8, 4) is 10.6 Å². The van der Waals surface area contributed by atoms with Gasteiger partial charge in [-0.15, -0.1) is 11.3 Å². The summed E-state index contributed by atoms with van der Waals surface area (Å²) in [6.45, 7) is 8.25. The first-order valence-electron chi connectivity index (χ1n) is 7.46. The third-order valence-corrected chi connectivity index (χ3v) is 3.54. The van der Waals surface area contributed by atoms with Crippen LogP contribution >= 0.6 is 11.3 Å². The summed E-state index contributed by atoms with van der Waals surface area (Å²) in [5.74, 6) is 0. The van der Waals surface area contributed by atoms with E-state index < -0.39 is 0 Å². The van der Waals surface area contributed by atoms with Crippen LogP contribution in [0.15, 0.2) is 48.5 Å². The zero-order chi connectivity index (χ0) is 15.7. The van der Waals surface area contributed by atoms with Gasteiger partial charge in [0.05, 0.1) is 10.2 Å². The van der Waals surface area contributed by atoms with Crippen LogP contribution in [0.1, 0.15) is 34.1 Å². The van der Waals surface area contributed by atoms with E-state index in [0.717, 1.165) is 21.8 Å². The van der Waals surface area contributed by atoms with Crippen LogP contribution in [-0.4, -0.2) is 4.98 Å². The van der Waals surface area contributed by atoms with Gasteiger partial charge in [0, 0.05) is 11.3 Å². The van der Waals surface area contributed by atoms with Crippen molar-refractivity contribution in [3.63, 3.8) is 0 Å². The Balaban J connectivity index is 0.000000395. The minimum absolute atomic E-state index is 0.782. The highest BCUT2D eigenvalue weighted by Crippen LogP contribution is 2.30. The molecule has 1 heterocycles. The Morgan fingerprint density at radius 1 is 0.952 bits per heavy atom. The topological polar surface area (TPSA) is 38.9 Å². The van der Waals surface area contributed by atoms with Crippen molar-refractivity contribution in [1.29, 1.82) is 0 Å². The second-order valence-corrected chi connectivity index (χ2v) is 5.35. The van der Waals surface area contributed by atoms with Crippen LogP contribution in [0.25, 0.3) is 20.8 Å². The van der Waals surface area contributed by atoms with Crippen LogP contribution < -0.4 is 5.73 Å². The molecule has 3 rings (SSSR count). The summed E-state index contributed by atoms with van der Waals surface area (Å²) in [5, 5.41) is 1.04. The highest BCUT2D eigenvalue weighted by Gasteiger charge is 2.04. The van der Waals surface area contributed by atoms with Crippen LogP contribution in [0.3, 0.4) is 0 Å². The largest absolute Gasteiger partial charge is 0.399 e. The predicted molar refractivity (Wildman–Crippen MR) is 96.8 cm³/mol. The number of hydrogen-bond acceptors (Lipinski definition) is 3.